The lowest BCUT2D eigenvalue weighted by Crippen LogP contribution is -2.21. The molecule has 24 heavy (non-hydrogen) atoms. The van der Waals surface area contributed by atoms with E-state index in [0.29, 0.717) is 16.0 Å². The molecule has 0 aliphatic rings. The normalized spacial score (nSPS) is 11.4. The van der Waals surface area contributed by atoms with E-state index in [1.165, 1.54) is 13.1 Å². The molecule has 3 N–H and O–H groups in total. The minimum Gasteiger partial charge on any atom is -0.454 e. The summed E-state index contributed by atoms with van der Waals surface area (Å²) < 4.78 is 5.72. The number of benzene rings is 1. The Labute approximate surface area is 137 Å². The van der Waals surface area contributed by atoms with Crippen LogP contribution in [0.5, 0.6) is 0 Å². The molecule has 3 rings (SSSR count). The number of pyridine rings is 1. The highest BCUT2D eigenvalue weighted by atomic mass is 16.5. The maximum absolute atomic E-state index is 12.8. The number of amides is 1. The van der Waals surface area contributed by atoms with Crippen molar-refractivity contribution in [2.75, 3.05) is 12.1 Å². The SMILES string of the molecule is CC(C)c1ccc2oc3cc(C(N)=O)c(N(C)O)nc3c(=O)c2c1. The molecule has 0 fully saturated rings. The van der Waals surface area contributed by atoms with Gasteiger partial charge in [-0.05, 0) is 29.7 Å². The van der Waals surface area contributed by atoms with Crippen molar-refractivity contribution >= 4 is 33.8 Å². The van der Waals surface area contributed by atoms with Gasteiger partial charge >= 0.3 is 0 Å². The van der Waals surface area contributed by atoms with Gasteiger partial charge in [-0.1, -0.05) is 19.9 Å². The Kier molecular flexibility index (Phi) is 3.73. The molecule has 0 aliphatic heterocycles. The van der Waals surface area contributed by atoms with Crippen LogP contribution < -0.4 is 16.2 Å². The van der Waals surface area contributed by atoms with Gasteiger partial charge in [-0.3, -0.25) is 14.8 Å². The fourth-order valence-electron chi connectivity index (χ4n) is 2.57. The zero-order chi connectivity index (χ0) is 17.6. The number of carbonyl (C=O) groups excluding carboxylic acids is 1. The van der Waals surface area contributed by atoms with E-state index >= 15 is 0 Å². The van der Waals surface area contributed by atoms with Crippen LogP contribution in [-0.2, 0) is 0 Å². The van der Waals surface area contributed by atoms with Crippen molar-refractivity contribution in [2.24, 2.45) is 5.73 Å². The molecule has 0 radical (unpaired) electrons. The number of fused-ring (bicyclic) bond motifs is 2. The van der Waals surface area contributed by atoms with Crippen molar-refractivity contribution in [3.8, 4) is 0 Å². The van der Waals surface area contributed by atoms with Crippen LogP contribution in [-0.4, -0.2) is 23.1 Å². The molecule has 124 valence electrons. The third kappa shape index (κ3) is 2.48. The van der Waals surface area contributed by atoms with E-state index < -0.39 is 5.91 Å². The third-order valence-corrected chi connectivity index (χ3v) is 3.89. The third-order valence-electron chi connectivity index (χ3n) is 3.89. The molecule has 0 spiro atoms. The van der Waals surface area contributed by atoms with Crippen LogP contribution in [0.25, 0.3) is 22.1 Å². The van der Waals surface area contributed by atoms with Crippen LogP contribution in [0.15, 0.2) is 33.5 Å². The predicted octanol–water partition coefficient (Wildman–Crippen LogP) is 2.39. The molecular formula is C17H17N3O4. The van der Waals surface area contributed by atoms with Gasteiger partial charge in [0.1, 0.15) is 5.58 Å². The number of nitrogens with zero attached hydrogens (tertiary/aromatic N) is 2. The lowest BCUT2D eigenvalue weighted by Gasteiger charge is -2.13. The van der Waals surface area contributed by atoms with E-state index in [1.807, 2.05) is 19.9 Å². The Morgan fingerprint density at radius 1 is 1.29 bits per heavy atom. The van der Waals surface area contributed by atoms with Gasteiger partial charge in [-0.15, -0.1) is 0 Å². The average molecular weight is 327 g/mol. The quantitative estimate of drug-likeness (QED) is 0.564. The highest BCUT2D eigenvalue weighted by molar-refractivity contribution is 6.01. The van der Waals surface area contributed by atoms with E-state index in [4.69, 9.17) is 10.2 Å². The monoisotopic (exact) mass is 327 g/mol. The van der Waals surface area contributed by atoms with Crippen LogP contribution in [0.4, 0.5) is 5.82 Å². The number of anilines is 1. The second-order valence-electron chi connectivity index (χ2n) is 5.94. The molecule has 0 saturated heterocycles. The molecule has 0 aliphatic carbocycles. The van der Waals surface area contributed by atoms with E-state index in [2.05, 4.69) is 4.98 Å². The van der Waals surface area contributed by atoms with Crippen molar-refractivity contribution in [3.63, 3.8) is 0 Å². The Hall–Kier alpha value is -2.93. The first kappa shape index (κ1) is 15.9. The molecule has 2 aromatic heterocycles. The number of primary amides is 1. The number of aromatic nitrogens is 1. The maximum atomic E-state index is 12.8. The van der Waals surface area contributed by atoms with Gasteiger partial charge in [0.15, 0.2) is 16.9 Å². The van der Waals surface area contributed by atoms with Crippen molar-refractivity contribution in [1.29, 1.82) is 0 Å². The van der Waals surface area contributed by atoms with Gasteiger partial charge < -0.3 is 10.2 Å². The van der Waals surface area contributed by atoms with Crippen LogP contribution in [0.3, 0.4) is 0 Å². The molecular weight excluding hydrogens is 310 g/mol. The Morgan fingerprint density at radius 3 is 2.58 bits per heavy atom. The Morgan fingerprint density at radius 2 is 2.00 bits per heavy atom. The van der Waals surface area contributed by atoms with Crippen molar-refractivity contribution in [2.45, 2.75) is 19.8 Å². The van der Waals surface area contributed by atoms with Crippen LogP contribution in [0.2, 0.25) is 0 Å². The Bertz CT molecular complexity index is 1020. The number of hydrogen-bond acceptors (Lipinski definition) is 6. The van der Waals surface area contributed by atoms with Crippen molar-refractivity contribution in [3.05, 3.63) is 45.6 Å². The van der Waals surface area contributed by atoms with Crippen molar-refractivity contribution < 1.29 is 14.4 Å². The first-order valence-corrected chi connectivity index (χ1v) is 7.43. The fraction of sp³-hybridized carbons (Fsp3) is 0.235. The van der Waals surface area contributed by atoms with Crippen LogP contribution >= 0.6 is 0 Å². The summed E-state index contributed by atoms with van der Waals surface area (Å²) in [4.78, 5) is 28.4. The first-order valence-electron chi connectivity index (χ1n) is 7.43. The van der Waals surface area contributed by atoms with Gasteiger partial charge in [0.25, 0.3) is 5.91 Å². The molecule has 3 aromatic rings. The van der Waals surface area contributed by atoms with Crippen LogP contribution in [0.1, 0.15) is 35.7 Å². The summed E-state index contributed by atoms with van der Waals surface area (Å²) in [5.41, 5.74) is 6.53. The summed E-state index contributed by atoms with van der Waals surface area (Å²) in [5, 5.41) is 10.7. The lowest BCUT2D eigenvalue weighted by atomic mass is 10.0. The number of carbonyl (C=O) groups is 1. The number of rotatable bonds is 3. The average Bonchev–Trinajstić information content (AvgIpc) is 2.53. The number of hydrogen-bond donors (Lipinski definition) is 2. The van der Waals surface area contributed by atoms with E-state index in [9.17, 15) is 14.8 Å². The van der Waals surface area contributed by atoms with Crippen molar-refractivity contribution in [1.82, 2.24) is 4.98 Å². The van der Waals surface area contributed by atoms with Gasteiger partial charge in [0.2, 0.25) is 5.43 Å². The van der Waals surface area contributed by atoms with E-state index in [0.717, 1.165) is 5.56 Å². The minimum atomic E-state index is -0.779. The van der Waals surface area contributed by atoms with E-state index in [-0.39, 0.29) is 33.8 Å². The van der Waals surface area contributed by atoms with Gasteiger partial charge in [-0.25, -0.2) is 10.0 Å². The summed E-state index contributed by atoms with van der Waals surface area (Å²) in [5.74, 6) is -0.617. The smallest absolute Gasteiger partial charge is 0.252 e. The molecule has 1 amide bonds. The summed E-state index contributed by atoms with van der Waals surface area (Å²) in [7, 11) is 1.29. The second-order valence-corrected chi connectivity index (χ2v) is 5.94. The highest BCUT2D eigenvalue weighted by Gasteiger charge is 2.19. The zero-order valence-corrected chi connectivity index (χ0v) is 13.5. The largest absolute Gasteiger partial charge is 0.454 e. The van der Waals surface area contributed by atoms with Gasteiger partial charge in [0, 0.05) is 7.05 Å². The van der Waals surface area contributed by atoms with E-state index in [1.54, 1.807) is 12.1 Å². The molecule has 0 atom stereocenters. The fourth-order valence-corrected chi connectivity index (χ4v) is 2.57. The standard InChI is InChI=1S/C17H17N3O4/c1-8(2)9-4-5-12-10(6-9)15(21)14-13(24-12)7-11(16(18)22)17(19-14)20(3)23/h4-8,23H,1-3H3,(H2,18,22). The molecule has 0 unspecified atom stereocenters. The summed E-state index contributed by atoms with van der Waals surface area (Å²) >= 11 is 0. The molecule has 7 heteroatoms. The second kappa shape index (κ2) is 5.61. The Balaban J connectivity index is 2.42. The zero-order valence-electron chi connectivity index (χ0n) is 13.5. The minimum absolute atomic E-state index is 0.0318. The van der Waals surface area contributed by atoms with Gasteiger partial charge in [0.05, 0.1) is 10.9 Å². The molecule has 0 saturated carbocycles. The molecule has 7 nitrogen and oxygen atoms in total. The highest BCUT2D eigenvalue weighted by Crippen LogP contribution is 2.25. The summed E-state index contributed by atoms with van der Waals surface area (Å²) in [6.07, 6.45) is 0. The summed E-state index contributed by atoms with van der Waals surface area (Å²) in [6.45, 7) is 4.06. The maximum Gasteiger partial charge on any atom is 0.252 e. The number of nitrogens with two attached hydrogens (primary N) is 1. The number of hydroxylamine groups is 1. The summed E-state index contributed by atoms with van der Waals surface area (Å²) in [6, 6.07) is 6.71. The topological polar surface area (TPSA) is 110 Å². The van der Waals surface area contributed by atoms with Crippen LogP contribution in [0, 0.1) is 0 Å². The predicted molar refractivity (Wildman–Crippen MR) is 90.6 cm³/mol. The lowest BCUT2D eigenvalue weighted by molar-refractivity contribution is 0.0998. The first-order chi connectivity index (χ1) is 11.3. The molecule has 2 heterocycles. The molecule has 0 bridgehead atoms. The molecule has 1 aromatic carbocycles. The van der Waals surface area contributed by atoms with Gasteiger partial charge in [-0.2, -0.15) is 0 Å².